The van der Waals surface area contributed by atoms with E-state index >= 15 is 0 Å². The summed E-state index contributed by atoms with van der Waals surface area (Å²) in [7, 11) is 3.14. The molecule has 0 aliphatic rings. The molecule has 0 aliphatic carbocycles. The summed E-state index contributed by atoms with van der Waals surface area (Å²) in [6, 6.07) is 9.12. The maximum absolute atomic E-state index is 12.2. The Morgan fingerprint density at radius 2 is 1.88 bits per heavy atom. The smallest absolute Gasteiger partial charge is 0.224 e. The SMILES string of the molecule is COc1ccc(NC(=O)CCc2csc(-c3ccncc3)n2)cc1OC. The van der Waals surface area contributed by atoms with E-state index in [9.17, 15) is 4.79 Å². The summed E-state index contributed by atoms with van der Waals surface area (Å²) in [5.41, 5.74) is 2.61. The summed E-state index contributed by atoms with van der Waals surface area (Å²) in [5, 5.41) is 5.79. The molecule has 6 nitrogen and oxygen atoms in total. The number of hydrogen-bond donors (Lipinski definition) is 1. The van der Waals surface area contributed by atoms with Gasteiger partial charge in [0.25, 0.3) is 0 Å². The first-order valence-electron chi connectivity index (χ1n) is 8.06. The predicted molar refractivity (Wildman–Crippen MR) is 102 cm³/mol. The Bertz CT molecular complexity index is 881. The average molecular weight is 369 g/mol. The van der Waals surface area contributed by atoms with Crippen LogP contribution in [0, 0.1) is 0 Å². The third-order valence-corrected chi connectivity index (χ3v) is 4.69. The van der Waals surface area contributed by atoms with Crippen molar-refractivity contribution in [2.24, 2.45) is 0 Å². The number of ether oxygens (including phenoxy) is 2. The lowest BCUT2D eigenvalue weighted by molar-refractivity contribution is -0.116. The van der Waals surface area contributed by atoms with Crippen molar-refractivity contribution in [3.63, 3.8) is 0 Å². The molecule has 0 fully saturated rings. The molecule has 3 rings (SSSR count). The highest BCUT2D eigenvalue weighted by Crippen LogP contribution is 2.30. The number of thiazole rings is 1. The molecule has 0 unspecified atom stereocenters. The Morgan fingerprint density at radius 3 is 2.62 bits per heavy atom. The Hall–Kier alpha value is -2.93. The summed E-state index contributed by atoms with van der Waals surface area (Å²) >= 11 is 1.57. The molecule has 0 spiro atoms. The Kier molecular flexibility index (Phi) is 5.80. The fraction of sp³-hybridized carbons (Fsp3) is 0.211. The number of nitrogens with zero attached hydrogens (tertiary/aromatic N) is 2. The number of nitrogens with one attached hydrogen (secondary N) is 1. The van der Waals surface area contributed by atoms with Gasteiger partial charge in [-0.1, -0.05) is 0 Å². The number of hydrogen-bond acceptors (Lipinski definition) is 6. The second-order valence-corrected chi connectivity index (χ2v) is 6.36. The van der Waals surface area contributed by atoms with E-state index in [1.165, 1.54) is 0 Å². The molecule has 0 aliphatic heterocycles. The van der Waals surface area contributed by atoms with Crippen molar-refractivity contribution in [3.05, 3.63) is 53.8 Å². The third-order valence-electron chi connectivity index (χ3n) is 3.75. The number of anilines is 1. The molecule has 0 radical (unpaired) electrons. The van der Waals surface area contributed by atoms with Crippen molar-refractivity contribution in [1.82, 2.24) is 9.97 Å². The zero-order valence-corrected chi connectivity index (χ0v) is 15.4. The van der Waals surface area contributed by atoms with E-state index < -0.39 is 0 Å². The first kappa shape index (κ1) is 17.9. The standard InChI is InChI=1S/C19H19N3O3S/c1-24-16-5-3-14(11-17(16)25-2)21-18(23)6-4-15-12-26-19(22-15)13-7-9-20-10-8-13/h3,5,7-12H,4,6H2,1-2H3,(H,21,23). The highest BCUT2D eigenvalue weighted by Gasteiger charge is 2.10. The molecule has 1 amide bonds. The molecule has 26 heavy (non-hydrogen) atoms. The van der Waals surface area contributed by atoms with E-state index in [4.69, 9.17) is 9.47 Å². The van der Waals surface area contributed by atoms with Crippen LogP contribution >= 0.6 is 11.3 Å². The summed E-state index contributed by atoms with van der Waals surface area (Å²) < 4.78 is 10.4. The fourth-order valence-corrected chi connectivity index (χ4v) is 3.29. The van der Waals surface area contributed by atoms with Crippen LogP contribution in [-0.4, -0.2) is 30.1 Å². The van der Waals surface area contributed by atoms with Gasteiger partial charge in [-0.3, -0.25) is 9.78 Å². The van der Waals surface area contributed by atoms with Crippen molar-refractivity contribution in [2.45, 2.75) is 12.8 Å². The van der Waals surface area contributed by atoms with E-state index in [1.807, 2.05) is 17.5 Å². The van der Waals surface area contributed by atoms with Crippen LogP contribution in [0.2, 0.25) is 0 Å². The molecule has 3 aromatic rings. The summed E-state index contributed by atoms with van der Waals surface area (Å²) in [4.78, 5) is 20.8. The van der Waals surface area contributed by atoms with Crippen molar-refractivity contribution in [2.75, 3.05) is 19.5 Å². The van der Waals surface area contributed by atoms with Crippen LogP contribution in [0.3, 0.4) is 0 Å². The fourth-order valence-electron chi connectivity index (χ4n) is 2.43. The maximum Gasteiger partial charge on any atom is 0.224 e. The largest absolute Gasteiger partial charge is 0.493 e. The molecule has 0 saturated heterocycles. The van der Waals surface area contributed by atoms with E-state index in [1.54, 1.807) is 56.1 Å². The van der Waals surface area contributed by atoms with Gasteiger partial charge in [0.15, 0.2) is 11.5 Å². The van der Waals surface area contributed by atoms with E-state index in [0.717, 1.165) is 16.3 Å². The Balaban J connectivity index is 1.57. The molecule has 1 N–H and O–H groups in total. The third kappa shape index (κ3) is 4.37. The van der Waals surface area contributed by atoms with Gasteiger partial charge in [0.2, 0.25) is 5.91 Å². The quantitative estimate of drug-likeness (QED) is 0.686. The van der Waals surface area contributed by atoms with Crippen molar-refractivity contribution < 1.29 is 14.3 Å². The predicted octanol–water partition coefficient (Wildman–Crippen LogP) is 3.79. The number of amides is 1. The van der Waals surface area contributed by atoms with Gasteiger partial charge in [-0.25, -0.2) is 4.98 Å². The molecular formula is C19H19N3O3S. The van der Waals surface area contributed by atoms with Crippen LogP contribution in [0.5, 0.6) is 11.5 Å². The molecule has 134 valence electrons. The number of pyridine rings is 1. The lowest BCUT2D eigenvalue weighted by atomic mass is 10.2. The summed E-state index contributed by atoms with van der Waals surface area (Å²) in [5.74, 6) is 1.12. The first-order chi connectivity index (χ1) is 12.7. The first-order valence-corrected chi connectivity index (χ1v) is 8.94. The van der Waals surface area contributed by atoms with Gasteiger partial charge in [-0.05, 0) is 30.7 Å². The molecule has 1 aromatic carbocycles. The van der Waals surface area contributed by atoms with Gasteiger partial charge in [-0.2, -0.15) is 0 Å². The van der Waals surface area contributed by atoms with Crippen LogP contribution < -0.4 is 14.8 Å². The van der Waals surface area contributed by atoms with E-state index in [-0.39, 0.29) is 5.91 Å². The minimum Gasteiger partial charge on any atom is -0.493 e. The number of benzene rings is 1. The number of carbonyl (C=O) groups excluding carboxylic acids is 1. The van der Waals surface area contributed by atoms with Crippen LogP contribution in [0.1, 0.15) is 12.1 Å². The minimum atomic E-state index is -0.0734. The average Bonchev–Trinajstić information content (AvgIpc) is 3.16. The number of rotatable bonds is 7. The van der Waals surface area contributed by atoms with Gasteiger partial charge < -0.3 is 14.8 Å². The number of aromatic nitrogens is 2. The number of carbonyl (C=O) groups is 1. The number of methoxy groups -OCH3 is 2. The molecule has 0 bridgehead atoms. The zero-order valence-electron chi connectivity index (χ0n) is 14.6. The topological polar surface area (TPSA) is 73.3 Å². The summed E-state index contributed by atoms with van der Waals surface area (Å²) in [6.07, 6.45) is 4.43. The molecular weight excluding hydrogens is 350 g/mol. The van der Waals surface area contributed by atoms with E-state index in [0.29, 0.717) is 30.0 Å². The van der Waals surface area contributed by atoms with Crippen molar-refractivity contribution in [3.8, 4) is 22.1 Å². The Labute approximate surface area is 155 Å². The molecule has 0 atom stereocenters. The minimum absolute atomic E-state index is 0.0734. The van der Waals surface area contributed by atoms with Gasteiger partial charge in [0.05, 0.1) is 19.9 Å². The van der Waals surface area contributed by atoms with Crippen LogP contribution in [0.4, 0.5) is 5.69 Å². The van der Waals surface area contributed by atoms with Gasteiger partial charge in [-0.15, -0.1) is 11.3 Å². The highest BCUT2D eigenvalue weighted by molar-refractivity contribution is 7.13. The van der Waals surface area contributed by atoms with Crippen LogP contribution in [-0.2, 0) is 11.2 Å². The monoisotopic (exact) mass is 369 g/mol. The van der Waals surface area contributed by atoms with Gasteiger partial charge in [0.1, 0.15) is 5.01 Å². The zero-order chi connectivity index (χ0) is 18.4. The van der Waals surface area contributed by atoms with Gasteiger partial charge in [0, 0.05) is 41.5 Å². The normalized spacial score (nSPS) is 10.4. The molecule has 0 saturated carbocycles. The van der Waals surface area contributed by atoms with Crippen LogP contribution in [0.15, 0.2) is 48.1 Å². The molecule has 2 aromatic heterocycles. The van der Waals surface area contributed by atoms with Gasteiger partial charge >= 0.3 is 0 Å². The lowest BCUT2D eigenvalue weighted by Gasteiger charge is -2.10. The molecule has 7 heteroatoms. The van der Waals surface area contributed by atoms with Crippen molar-refractivity contribution in [1.29, 1.82) is 0 Å². The second kappa shape index (κ2) is 8.44. The lowest BCUT2D eigenvalue weighted by Crippen LogP contribution is -2.12. The van der Waals surface area contributed by atoms with Crippen molar-refractivity contribution >= 4 is 22.9 Å². The van der Waals surface area contributed by atoms with Crippen LogP contribution in [0.25, 0.3) is 10.6 Å². The summed E-state index contributed by atoms with van der Waals surface area (Å²) in [6.45, 7) is 0. The number of aryl methyl sites for hydroxylation is 1. The highest BCUT2D eigenvalue weighted by atomic mass is 32.1. The second-order valence-electron chi connectivity index (χ2n) is 5.50. The molecule has 2 heterocycles. The van der Waals surface area contributed by atoms with E-state index in [2.05, 4.69) is 15.3 Å². The Morgan fingerprint density at radius 1 is 1.12 bits per heavy atom. The maximum atomic E-state index is 12.2.